The van der Waals surface area contributed by atoms with Gasteiger partial charge in [0.15, 0.2) is 0 Å². The maximum atomic E-state index is 13.1. The van der Waals surface area contributed by atoms with Gasteiger partial charge in [0.2, 0.25) is 0 Å². The molecule has 24 heavy (non-hydrogen) atoms. The van der Waals surface area contributed by atoms with E-state index >= 15 is 0 Å². The Bertz CT molecular complexity index is 561. The summed E-state index contributed by atoms with van der Waals surface area (Å²) >= 11 is 5.70. The highest BCUT2D eigenvalue weighted by Crippen LogP contribution is 2.19. The van der Waals surface area contributed by atoms with Gasteiger partial charge in [0.05, 0.1) is 11.2 Å². The van der Waals surface area contributed by atoms with Gasteiger partial charge in [-0.25, -0.2) is 9.18 Å². The van der Waals surface area contributed by atoms with Crippen LogP contribution in [-0.2, 0) is 0 Å². The number of rotatable bonds is 6. The van der Waals surface area contributed by atoms with Crippen LogP contribution < -0.4 is 31.9 Å². The van der Waals surface area contributed by atoms with Gasteiger partial charge in [-0.15, -0.1) is 0 Å². The Kier molecular flexibility index (Phi) is 7.19. The van der Waals surface area contributed by atoms with Gasteiger partial charge >= 0.3 is 6.03 Å². The topological polar surface area (TPSA) is 89.2 Å². The Morgan fingerprint density at radius 2 is 2.17 bits per heavy atom. The number of nitrogens with one attached hydrogen (secondary N) is 6. The van der Waals surface area contributed by atoms with Crippen molar-refractivity contribution in [2.45, 2.75) is 31.8 Å². The van der Waals surface area contributed by atoms with E-state index in [0.29, 0.717) is 5.69 Å². The lowest BCUT2D eigenvalue weighted by atomic mass is 10.1. The van der Waals surface area contributed by atoms with Crippen molar-refractivity contribution in [3.63, 3.8) is 0 Å². The van der Waals surface area contributed by atoms with Crippen molar-refractivity contribution < 1.29 is 9.18 Å². The van der Waals surface area contributed by atoms with E-state index in [1.54, 1.807) is 0 Å². The molecule has 1 aliphatic heterocycles. The quantitative estimate of drug-likeness (QED) is 0.427. The monoisotopic (exact) mass is 358 g/mol. The van der Waals surface area contributed by atoms with Crippen LogP contribution in [0.2, 0.25) is 5.02 Å². The van der Waals surface area contributed by atoms with Crippen molar-refractivity contribution in [1.29, 1.82) is 0 Å². The minimum atomic E-state index is -0.525. The minimum absolute atomic E-state index is 0.0378. The molecule has 0 spiro atoms. The Morgan fingerprint density at radius 1 is 1.38 bits per heavy atom. The number of hydrogen-bond acceptors (Lipinski definition) is 5. The second kappa shape index (κ2) is 9.14. The van der Waals surface area contributed by atoms with Crippen molar-refractivity contribution in [3.8, 4) is 0 Å². The predicted molar refractivity (Wildman–Crippen MR) is 93.4 cm³/mol. The van der Waals surface area contributed by atoms with Crippen LogP contribution in [0, 0.1) is 5.82 Å². The second-order valence-corrected chi connectivity index (χ2v) is 6.15. The maximum absolute atomic E-state index is 13.1. The first-order valence-electron chi connectivity index (χ1n) is 7.90. The van der Waals surface area contributed by atoms with Crippen LogP contribution in [-0.4, -0.2) is 44.7 Å². The molecule has 2 amide bonds. The molecule has 7 nitrogen and oxygen atoms in total. The third-order valence-electron chi connectivity index (χ3n) is 3.63. The fourth-order valence-corrected chi connectivity index (χ4v) is 2.67. The zero-order valence-electron chi connectivity index (χ0n) is 13.7. The van der Waals surface area contributed by atoms with E-state index in [1.165, 1.54) is 18.2 Å². The molecular formula is C15H24ClFN6O. The van der Waals surface area contributed by atoms with Crippen molar-refractivity contribution in [3.05, 3.63) is 29.0 Å². The van der Waals surface area contributed by atoms with Gasteiger partial charge in [-0.2, -0.15) is 0 Å². The molecule has 9 heteroatoms. The van der Waals surface area contributed by atoms with Crippen LogP contribution in [0.3, 0.4) is 0 Å². The summed E-state index contributed by atoms with van der Waals surface area (Å²) in [6.45, 7) is 3.75. The summed E-state index contributed by atoms with van der Waals surface area (Å²) in [4.78, 5) is 12.1. The number of urea groups is 1. The molecule has 1 saturated heterocycles. The molecular weight excluding hydrogens is 335 g/mol. The number of likely N-dealkylation sites (N-methyl/N-ethyl adjacent to an activating group) is 1. The van der Waals surface area contributed by atoms with E-state index in [-0.39, 0.29) is 23.5 Å². The number of amides is 2. The Labute approximate surface area is 146 Å². The lowest BCUT2D eigenvalue weighted by Gasteiger charge is -2.36. The zero-order valence-corrected chi connectivity index (χ0v) is 14.5. The highest BCUT2D eigenvalue weighted by Gasteiger charge is 2.25. The van der Waals surface area contributed by atoms with Crippen LogP contribution >= 0.6 is 11.6 Å². The third-order valence-corrected chi connectivity index (χ3v) is 3.92. The van der Waals surface area contributed by atoms with Gasteiger partial charge < -0.3 is 21.3 Å². The van der Waals surface area contributed by atoms with E-state index in [2.05, 4.69) is 38.8 Å². The number of carbonyl (C=O) groups excluding carboxylic acids is 1. The minimum Gasteiger partial charge on any atom is -0.318 e. The first-order chi connectivity index (χ1) is 11.5. The highest BCUT2D eigenvalue weighted by atomic mass is 35.5. The smallest absolute Gasteiger partial charge is 0.318 e. The van der Waals surface area contributed by atoms with Gasteiger partial charge in [0.25, 0.3) is 0 Å². The number of anilines is 1. The standard InChI is InChI=1S/C15H24ClFN6O/c1-9-7-13(19-6-5-18-2)22-14(20-9)23-15(24)21-10-3-4-12(17)11(16)8-10/h3-4,8-9,13-14,18-20,22H,5-7H2,1-2H3,(H2,21,23,24). The molecule has 1 heterocycles. The molecule has 1 aromatic carbocycles. The molecule has 0 bridgehead atoms. The van der Waals surface area contributed by atoms with E-state index in [9.17, 15) is 9.18 Å². The predicted octanol–water partition coefficient (Wildman–Crippen LogP) is 0.991. The molecule has 0 radical (unpaired) electrons. The number of benzene rings is 1. The van der Waals surface area contributed by atoms with E-state index in [0.717, 1.165) is 19.5 Å². The summed E-state index contributed by atoms with van der Waals surface area (Å²) in [5, 5.41) is 18.3. The van der Waals surface area contributed by atoms with Gasteiger partial charge in [-0.1, -0.05) is 11.6 Å². The van der Waals surface area contributed by atoms with Crippen LogP contribution in [0.5, 0.6) is 0 Å². The van der Waals surface area contributed by atoms with Crippen LogP contribution in [0.15, 0.2) is 18.2 Å². The molecule has 0 saturated carbocycles. The molecule has 1 aromatic rings. The molecule has 1 fully saturated rings. The largest absolute Gasteiger partial charge is 0.321 e. The average Bonchev–Trinajstić information content (AvgIpc) is 2.50. The van der Waals surface area contributed by atoms with E-state index in [1.807, 2.05) is 7.05 Å². The number of hydrogen-bond donors (Lipinski definition) is 6. The van der Waals surface area contributed by atoms with Crippen molar-refractivity contribution in [1.82, 2.24) is 26.6 Å². The van der Waals surface area contributed by atoms with E-state index in [4.69, 9.17) is 11.6 Å². The molecule has 134 valence electrons. The fourth-order valence-electron chi connectivity index (χ4n) is 2.49. The lowest BCUT2D eigenvalue weighted by Crippen LogP contribution is -2.68. The van der Waals surface area contributed by atoms with Gasteiger partial charge in [-0.05, 0) is 38.6 Å². The normalized spacial score (nSPS) is 23.8. The SMILES string of the molecule is CNCCNC1CC(C)NC(NC(=O)Nc2ccc(F)c(Cl)c2)N1. The van der Waals surface area contributed by atoms with Crippen molar-refractivity contribution >= 4 is 23.3 Å². The zero-order chi connectivity index (χ0) is 17.5. The van der Waals surface area contributed by atoms with Crippen molar-refractivity contribution in [2.24, 2.45) is 0 Å². The summed E-state index contributed by atoms with van der Waals surface area (Å²) in [6, 6.07) is 3.85. The molecule has 3 unspecified atom stereocenters. The van der Waals surface area contributed by atoms with Crippen LogP contribution in [0.1, 0.15) is 13.3 Å². The van der Waals surface area contributed by atoms with Crippen LogP contribution in [0.4, 0.5) is 14.9 Å². The Hall–Kier alpha value is -1.45. The number of carbonyl (C=O) groups is 1. The van der Waals surface area contributed by atoms with Gasteiger partial charge in [-0.3, -0.25) is 10.6 Å². The molecule has 0 aromatic heterocycles. The summed E-state index contributed by atoms with van der Waals surface area (Å²) in [6.07, 6.45) is 0.619. The lowest BCUT2D eigenvalue weighted by molar-refractivity contribution is 0.194. The van der Waals surface area contributed by atoms with Crippen LogP contribution in [0.25, 0.3) is 0 Å². The summed E-state index contributed by atoms with van der Waals surface area (Å²) < 4.78 is 13.1. The Morgan fingerprint density at radius 3 is 2.88 bits per heavy atom. The van der Waals surface area contributed by atoms with Gasteiger partial charge in [0, 0.05) is 24.8 Å². The fraction of sp³-hybridized carbons (Fsp3) is 0.533. The van der Waals surface area contributed by atoms with Gasteiger partial charge in [0.1, 0.15) is 12.1 Å². The third kappa shape index (κ3) is 5.88. The second-order valence-electron chi connectivity index (χ2n) is 5.74. The average molecular weight is 359 g/mol. The summed E-state index contributed by atoms with van der Waals surface area (Å²) in [5.74, 6) is -0.525. The molecule has 1 aliphatic rings. The Balaban J connectivity index is 1.84. The first kappa shape index (κ1) is 18.9. The summed E-state index contributed by atoms with van der Waals surface area (Å²) in [5.41, 5.74) is 0.423. The first-order valence-corrected chi connectivity index (χ1v) is 8.28. The summed E-state index contributed by atoms with van der Waals surface area (Å²) in [7, 11) is 1.90. The number of halogens is 2. The highest BCUT2D eigenvalue weighted by molar-refractivity contribution is 6.31. The van der Waals surface area contributed by atoms with E-state index < -0.39 is 11.8 Å². The maximum Gasteiger partial charge on any atom is 0.321 e. The molecule has 2 rings (SSSR count). The molecule has 3 atom stereocenters. The molecule has 6 N–H and O–H groups in total. The molecule has 0 aliphatic carbocycles. The van der Waals surface area contributed by atoms with Crippen molar-refractivity contribution in [2.75, 3.05) is 25.5 Å².